The highest BCUT2D eigenvalue weighted by molar-refractivity contribution is 8.80. The lowest BCUT2D eigenvalue weighted by Crippen LogP contribution is -1.96. The number of aromatic nitrogens is 1. The van der Waals surface area contributed by atoms with Crippen LogP contribution in [0.2, 0.25) is 0 Å². The molecule has 36 heteroatoms. The standard InChI is InChI=1S/C28H20N2.S34/c29-20-15-13-19(14-16-20)21-17-18-28(23-8-2-1-7-22(21)23)30-26-11-5-3-9-24(26)25-10-4-6-12-27(25)30;1-3-5-7-9-11-13-15-17-19-21-23-25-27-29-31-33-34-32-30-28-26-24-22-20-18-16-14-12-10-8-6-4-2/h1-18H,29H2;. The molecule has 2 N–H and O–H groups in total. The van der Waals surface area contributed by atoms with Crippen LogP contribution in [0.3, 0.4) is 0 Å². The van der Waals surface area contributed by atoms with Crippen molar-refractivity contribution in [2.75, 3.05) is 5.73 Å². The van der Waals surface area contributed by atoms with Crippen LogP contribution < -0.4 is 5.73 Å². The molecule has 0 aliphatic rings. The van der Waals surface area contributed by atoms with Crippen molar-refractivity contribution in [3.63, 3.8) is 0 Å². The predicted octanol–water partition coefficient (Wildman–Crippen LogP) is 7.10. The zero-order chi connectivity index (χ0) is 44.7. The van der Waals surface area contributed by atoms with E-state index in [1.807, 2.05) is 172 Å². The smallest absolute Gasteiger partial charge is 0.0541 e. The van der Waals surface area contributed by atoms with Crippen molar-refractivity contribution in [3.05, 3.63) is 109 Å². The Balaban J connectivity index is 0.000000241. The maximum absolute atomic E-state index is 5.91. The second-order valence-corrected chi connectivity index (χ2v) is 66.5. The number of hydrogen-bond acceptors (Lipinski definition) is 3. The Labute approximate surface area is 471 Å². The largest absolute Gasteiger partial charge is 0.399 e. The average molecular weight is 1470 g/mol. The van der Waals surface area contributed by atoms with Crippen molar-refractivity contribution in [3.8, 4) is 16.8 Å². The first-order valence-electron chi connectivity index (χ1n) is 15.7. The number of rotatable bonds is 2. The third-order valence-corrected chi connectivity index (χ3v) is 75.7. The van der Waals surface area contributed by atoms with Gasteiger partial charge in [-0.3, -0.25) is 0 Å². The maximum atomic E-state index is 5.91. The Morgan fingerprint density at radius 3 is 0.938 bits per heavy atom. The van der Waals surface area contributed by atoms with E-state index < -0.39 is 0 Å². The van der Waals surface area contributed by atoms with Gasteiger partial charge in [0.15, 0.2) is 0 Å². The van der Waals surface area contributed by atoms with Crippen molar-refractivity contribution in [2.24, 2.45) is 0 Å². The fraction of sp³-hybridized carbons (Fsp3) is 0. The summed E-state index contributed by atoms with van der Waals surface area (Å²) < 4.78 is 2.39. The Morgan fingerprint density at radius 2 is 0.594 bits per heavy atom. The molecule has 346 valence electrons. The minimum Gasteiger partial charge on any atom is -0.399 e. The second-order valence-electron chi connectivity index (χ2n) is 9.85. The fourth-order valence-corrected chi connectivity index (χ4v) is 87.2. The molecule has 2 nitrogen and oxygen atoms in total. The molecular formula is C28H20N2S34. The van der Waals surface area contributed by atoms with Crippen LogP contribution in [-0.2, 0) is 307 Å². The number of para-hydroxylation sites is 2. The molecule has 6 rings (SSSR count). The van der Waals surface area contributed by atoms with E-state index in [0.29, 0.717) is 0 Å². The lowest BCUT2D eigenvalue weighted by Gasteiger charge is -2.15. The van der Waals surface area contributed by atoms with Crippen LogP contribution in [0.4, 0.5) is 5.69 Å². The van der Waals surface area contributed by atoms with E-state index in [1.54, 1.807) is 107 Å². The molecule has 1 heterocycles. The van der Waals surface area contributed by atoms with E-state index in [-0.39, 0.29) is 0 Å². The average Bonchev–Trinajstić information content (AvgIpc) is 3.66. The highest BCUT2D eigenvalue weighted by Gasteiger charge is 2.15. The molecule has 0 bridgehead atoms. The third-order valence-electron chi connectivity index (χ3n) is 6.80. The van der Waals surface area contributed by atoms with Crippen molar-refractivity contribution in [1.29, 1.82) is 0 Å². The van der Waals surface area contributed by atoms with Crippen molar-refractivity contribution in [2.45, 2.75) is 0 Å². The molecule has 0 fully saturated rings. The lowest BCUT2D eigenvalue weighted by atomic mass is 9.97. The Bertz CT molecular complexity index is 4050. The number of nitrogen functional groups attached to an aromatic ring is 1. The monoisotopic (exact) mass is 1470 g/mol. The van der Waals surface area contributed by atoms with E-state index in [2.05, 4.69) is 102 Å². The molecular weight excluding hydrogens is 1450 g/mol. The van der Waals surface area contributed by atoms with Gasteiger partial charge >= 0.3 is 0 Å². The first kappa shape index (κ1) is 58.3. The van der Waals surface area contributed by atoms with E-state index in [4.69, 9.17) is 28.1 Å². The predicted molar refractivity (Wildman–Crippen MR) is 379 cm³/mol. The van der Waals surface area contributed by atoms with E-state index >= 15 is 0 Å². The first-order chi connectivity index (χ1) is 31.7. The summed E-state index contributed by atoms with van der Waals surface area (Å²) in [7, 11) is 56.4. The Morgan fingerprint density at radius 1 is 0.297 bits per heavy atom. The van der Waals surface area contributed by atoms with Gasteiger partial charge in [-0.15, -0.1) is 0 Å². The van der Waals surface area contributed by atoms with Gasteiger partial charge in [0.25, 0.3) is 0 Å². The summed E-state index contributed by atoms with van der Waals surface area (Å²) in [4.78, 5) is 0. The number of fused-ring (bicyclic) bond motifs is 4. The van der Waals surface area contributed by atoms with Crippen LogP contribution in [0, 0.1) is 0 Å². The minimum absolute atomic E-state index is 0.782. The number of hydrogen-bond donors (Lipinski definition) is 1. The summed E-state index contributed by atoms with van der Waals surface area (Å²) in [5.41, 5.74) is 12.7. The SMILES string of the molecule is Nc1ccc(-c2ccc(-n3c4ccccc4c4ccccc43)c3ccccc23)cc1.S=S=S=S=S=S=S=S=S=S=S=S=S=S=S=S=S=S=S=S=S=S=S=S=S=S=S=S=S=S=S=S=S=S. The van der Waals surface area contributed by atoms with Gasteiger partial charge in [0.2, 0.25) is 0 Å². The zero-order valence-corrected chi connectivity index (χ0v) is 58.1. The van der Waals surface area contributed by atoms with Crippen LogP contribution >= 0.6 is 0 Å². The topological polar surface area (TPSA) is 30.9 Å². The highest BCUT2D eigenvalue weighted by atomic mass is 33.5. The molecule has 6 aromatic rings. The summed E-state index contributed by atoms with van der Waals surface area (Å²) in [5.74, 6) is 0. The summed E-state index contributed by atoms with van der Waals surface area (Å²) in [6, 6.07) is 38.5. The number of benzene rings is 5. The van der Waals surface area contributed by atoms with E-state index in [9.17, 15) is 0 Å². The highest BCUT2D eigenvalue weighted by Crippen LogP contribution is 2.37. The van der Waals surface area contributed by atoms with Crippen LogP contribution in [-0.4, -0.2) is 4.57 Å². The minimum atomic E-state index is 0.782. The molecule has 64 heavy (non-hydrogen) atoms. The summed E-state index contributed by atoms with van der Waals surface area (Å²) in [6.07, 6.45) is 0. The van der Waals surface area contributed by atoms with Crippen LogP contribution in [0.1, 0.15) is 0 Å². The molecule has 0 radical (unpaired) electrons. The quantitative estimate of drug-likeness (QED) is 0.188. The van der Waals surface area contributed by atoms with Gasteiger partial charge in [-0.2, -0.15) is 0 Å². The van der Waals surface area contributed by atoms with Crippen molar-refractivity contribution in [1.82, 2.24) is 4.57 Å². The summed E-state index contributed by atoms with van der Waals surface area (Å²) in [6.45, 7) is 0. The van der Waals surface area contributed by atoms with Gasteiger partial charge in [-0.05, 0) is 46.8 Å². The van der Waals surface area contributed by atoms with Crippen LogP contribution in [0.5, 0.6) is 0 Å². The van der Waals surface area contributed by atoms with Gasteiger partial charge in [0.1, 0.15) is 0 Å². The third kappa shape index (κ3) is 22.3. The molecule has 0 unspecified atom stereocenters. The lowest BCUT2D eigenvalue weighted by molar-refractivity contribution is 1.20. The summed E-state index contributed by atoms with van der Waals surface area (Å²) >= 11 is 9.59. The molecule has 5 aromatic carbocycles. The molecule has 0 atom stereocenters. The molecule has 1 aromatic heterocycles. The number of nitrogens with zero attached hydrogens (tertiary/aromatic N) is 1. The van der Waals surface area contributed by atoms with Crippen LogP contribution in [0.25, 0.3) is 49.4 Å². The number of nitrogens with two attached hydrogens (primary N) is 1. The molecule has 0 saturated heterocycles. The van der Waals surface area contributed by atoms with E-state index in [1.165, 1.54) is 67.2 Å². The molecule has 0 spiro atoms. The Kier molecular flexibility index (Phi) is 34.7. The molecule has 0 saturated carbocycles. The van der Waals surface area contributed by atoms with Gasteiger partial charge in [0, 0.05) is 328 Å². The maximum Gasteiger partial charge on any atom is 0.0541 e. The van der Waals surface area contributed by atoms with Crippen molar-refractivity contribution < 1.29 is 0 Å². The molecule has 0 aliphatic heterocycles. The fourth-order valence-electron chi connectivity index (χ4n) is 4.91. The van der Waals surface area contributed by atoms with Gasteiger partial charge in [-0.25, -0.2) is 0 Å². The zero-order valence-electron chi connectivity index (χ0n) is 30.3. The molecule has 0 aliphatic carbocycles. The molecule has 0 amide bonds. The second kappa shape index (κ2) is 38.1. The normalized spacial score (nSPS) is 9.44. The van der Waals surface area contributed by atoms with Crippen molar-refractivity contribution >= 4 is 345 Å². The van der Waals surface area contributed by atoms with E-state index in [0.717, 1.165) is 5.69 Å². The Hall–Kier alpha value is 3.44. The first-order valence-corrected chi connectivity index (χ1v) is 59.7. The number of anilines is 1. The summed E-state index contributed by atoms with van der Waals surface area (Å²) in [5, 5.41) is 5.03. The van der Waals surface area contributed by atoms with Crippen LogP contribution in [0.15, 0.2) is 109 Å². The van der Waals surface area contributed by atoms with Gasteiger partial charge < -0.3 is 10.3 Å². The van der Waals surface area contributed by atoms with Gasteiger partial charge in [-0.1, -0.05) is 78.9 Å². The van der Waals surface area contributed by atoms with Gasteiger partial charge in [0.05, 0.1) is 16.7 Å².